The van der Waals surface area contributed by atoms with E-state index in [1.165, 1.54) is 4.90 Å². The van der Waals surface area contributed by atoms with Crippen LogP contribution in [0.2, 0.25) is 0 Å². The van der Waals surface area contributed by atoms with E-state index in [0.29, 0.717) is 5.82 Å². The molecule has 1 unspecified atom stereocenters. The van der Waals surface area contributed by atoms with Crippen molar-refractivity contribution in [1.82, 2.24) is 4.98 Å². The summed E-state index contributed by atoms with van der Waals surface area (Å²) in [4.78, 5) is 17.0. The molecule has 1 saturated heterocycles. The van der Waals surface area contributed by atoms with E-state index >= 15 is 0 Å². The van der Waals surface area contributed by atoms with Crippen LogP contribution in [0.4, 0.5) is 9.70 Å². The summed E-state index contributed by atoms with van der Waals surface area (Å²) in [7, 11) is -4.54. The fourth-order valence-corrected chi connectivity index (χ4v) is 2.70. The van der Waals surface area contributed by atoms with Crippen molar-refractivity contribution in [2.24, 2.45) is 5.92 Å². The zero-order valence-corrected chi connectivity index (χ0v) is 9.73. The van der Waals surface area contributed by atoms with Crippen LogP contribution in [-0.4, -0.2) is 31.6 Å². The molecule has 1 amide bonds. The normalized spacial score (nSPS) is 20.9. The van der Waals surface area contributed by atoms with Gasteiger partial charge >= 0.3 is 10.2 Å². The average molecular weight is 258 g/mol. The highest BCUT2D eigenvalue weighted by atomic mass is 32.3. The molecule has 1 aromatic rings. The number of rotatable bonds is 3. The predicted octanol–water partition coefficient (Wildman–Crippen LogP) is 0.734. The zero-order chi connectivity index (χ0) is 12.5. The number of carbonyl (C=O) groups is 1. The number of hydrogen-bond donors (Lipinski definition) is 0. The lowest BCUT2D eigenvalue weighted by molar-refractivity contribution is -0.117. The van der Waals surface area contributed by atoms with Crippen LogP contribution in [0.1, 0.15) is 6.42 Å². The van der Waals surface area contributed by atoms with E-state index in [-0.39, 0.29) is 18.9 Å². The monoisotopic (exact) mass is 258 g/mol. The summed E-state index contributed by atoms with van der Waals surface area (Å²) in [5.74, 6) is -0.865. The van der Waals surface area contributed by atoms with Gasteiger partial charge in [0, 0.05) is 25.1 Å². The van der Waals surface area contributed by atoms with Crippen molar-refractivity contribution in [3.05, 3.63) is 24.4 Å². The van der Waals surface area contributed by atoms with Gasteiger partial charge in [0.2, 0.25) is 5.91 Å². The quantitative estimate of drug-likeness (QED) is 0.750. The minimum atomic E-state index is -4.54. The number of nitrogens with zero attached hydrogens (tertiary/aromatic N) is 2. The van der Waals surface area contributed by atoms with E-state index in [2.05, 4.69) is 4.98 Å². The molecule has 17 heavy (non-hydrogen) atoms. The van der Waals surface area contributed by atoms with Crippen LogP contribution in [-0.2, 0) is 15.0 Å². The maximum Gasteiger partial charge on any atom is 0.302 e. The Balaban J connectivity index is 2.11. The van der Waals surface area contributed by atoms with Gasteiger partial charge in [0.05, 0.1) is 5.75 Å². The number of amides is 1. The molecule has 92 valence electrons. The number of pyridine rings is 1. The van der Waals surface area contributed by atoms with Gasteiger partial charge in [-0.25, -0.2) is 4.98 Å². The second-order valence-electron chi connectivity index (χ2n) is 3.97. The van der Waals surface area contributed by atoms with Crippen LogP contribution in [0.5, 0.6) is 0 Å². The molecule has 7 heteroatoms. The minimum absolute atomic E-state index is 0.0414. The van der Waals surface area contributed by atoms with Gasteiger partial charge in [0.25, 0.3) is 0 Å². The van der Waals surface area contributed by atoms with Crippen LogP contribution in [0, 0.1) is 5.92 Å². The molecule has 0 N–H and O–H groups in total. The molecule has 2 rings (SSSR count). The van der Waals surface area contributed by atoms with Crippen molar-refractivity contribution >= 4 is 21.9 Å². The number of hydrogen-bond acceptors (Lipinski definition) is 4. The molecule has 0 aromatic carbocycles. The number of halogens is 1. The average Bonchev–Trinajstić information content (AvgIpc) is 2.58. The summed E-state index contributed by atoms with van der Waals surface area (Å²) in [6, 6.07) is 5.10. The van der Waals surface area contributed by atoms with Gasteiger partial charge < -0.3 is 0 Å². The third-order valence-corrected chi connectivity index (χ3v) is 3.44. The second kappa shape index (κ2) is 4.40. The lowest BCUT2D eigenvalue weighted by Gasteiger charge is -2.14. The van der Waals surface area contributed by atoms with Crippen LogP contribution in [0.15, 0.2) is 24.4 Å². The first-order valence-corrected chi connectivity index (χ1v) is 6.65. The maximum atomic E-state index is 12.5. The molecule has 0 spiro atoms. The molecular formula is C10H11FN2O3S. The molecule has 1 aliphatic heterocycles. The summed E-state index contributed by atoms with van der Waals surface area (Å²) < 4.78 is 33.6. The molecule has 0 saturated carbocycles. The first-order valence-electron chi connectivity index (χ1n) is 5.09. The summed E-state index contributed by atoms with van der Waals surface area (Å²) in [5, 5.41) is 0. The second-order valence-corrected chi connectivity index (χ2v) is 5.38. The summed E-state index contributed by atoms with van der Waals surface area (Å²) in [5.41, 5.74) is 0. The lowest BCUT2D eigenvalue weighted by atomic mass is 10.1. The van der Waals surface area contributed by atoms with Crippen molar-refractivity contribution in [2.45, 2.75) is 6.42 Å². The van der Waals surface area contributed by atoms with Crippen LogP contribution >= 0.6 is 0 Å². The van der Waals surface area contributed by atoms with Gasteiger partial charge in [0.1, 0.15) is 5.82 Å². The van der Waals surface area contributed by atoms with Crippen LogP contribution < -0.4 is 4.90 Å². The Hall–Kier alpha value is -1.50. The van der Waals surface area contributed by atoms with E-state index in [4.69, 9.17) is 0 Å². The van der Waals surface area contributed by atoms with Gasteiger partial charge in [-0.15, -0.1) is 3.89 Å². The Morgan fingerprint density at radius 3 is 2.82 bits per heavy atom. The fourth-order valence-electron chi connectivity index (χ4n) is 1.91. The van der Waals surface area contributed by atoms with Gasteiger partial charge in [-0.1, -0.05) is 6.07 Å². The molecule has 1 atom stereocenters. The Morgan fingerprint density at radius 1 is 1.47 bits per heavy atom. The number of aromatic nitrogens is 1. The Morgan fingerprint density at radius 2 is 2.24 bits per heavy atom. The van der Waals surface area contributed by atoms with Crippen molar-refractivity contribution < 1.29 is 17.1 Å². The van der Waals surface area contributed by atoms with E-state index in [1.54, 1.807) is 24.4 Å². The predicted molar refractivity (Wildman–Crippen MR) is 59.6 cm³/mol. The first-order chi connectivity index (χ1) is 7.96. The lowest BCUT2D eigenvalue weighted by Crippen LogP contribution is -2.26. The third kappa shape index (κ3) is 3.00. The topological polar surface area (TPSA) is 67.3 Å². The van der Waals surface area contributed by atoms with E-state index in [1.807, 2.05) is 0 Å². The molecule has 1 aromatic heterocycles. The van der Waals surface area contributed by atoms with Gasteiger partial charge in [-0.2, -0.15) is 8.42 Å². The first kappa shape index (κ1) is 12.0. The molecule has 0 radical (unpaired) electrons. The van der Waals surface area contributed by atoms with Crippen LogP contribution in [0.25, 0.3) is 0 Å². The largest absolute Gasteiger partial charge is 0.302 e. The molecule has 5 nitrogen and oxygen atoms in total. The van der Waals surface area contributed by atoms with E-state index in [0.717, 1.165) is 0 Å². The van der Waals surface area contributed by atoms with Crippen molar-refractivity contribution in [1.29, 1.82) is 0 Å². The van der Waals surface area contributed by atoms with Crippen molar-refractivity contribution in [3.63, 3.8) is 0 Å². The molecule has 1 aliphatic rings. The highest BCUT2D eigenvalue weighted by Gasteiger charge is 2.34. The summed E-state index contributed by atoms with van der Waals surface area (Å²) >= 11 is 0. The smallest absolute Gasteiger partial charge is 0.296 e. The number of anilines is 1. The zero-order valence-electron chi connectivity index (χ0n) is 8.91. The van der Waals surface area contributed by atoms with Gasteiger partial charge in [0.15, 0.2) is 0 Å². The Bertz CT molecular complexity index is 518. The molecule has 0 aliphatic carbocycles. The van der Waals surface area contributed by atoms with E-state index in [9.17, 15) is 17.1 Å². The standard InChI is InChI=1S/C10H11FN2O3S/c11-17(15,16)7-8-5-10(14)13(6-8)9-3-1-2-4-12-9/h1-4,8H,5-7H2. The highest BCUT2D eigenvalue weighted by Crippen LogP contribution is 2.24. The number of carbonyl (C=O) groups excluding carboxylic acids is 1. The maximum absolute atomic E-state index is 12.5. The molecule has 0 bridgehead atoms. The van der Waals surface area contributed by atoms with Gasteiger partial charge in [-0.3, -0.25) is 9.69 Å². The Labute approximate surface area is 98.5 Å². The van der Waals surface area contributed by atoms with E-state index < -0.39 is 21.9 Å². The molecule has 2 heterocycles. The van der Waals surface area contributed by atoms with Gasteiger partial charge in [-0.05, 0) is 12.1 Å². The Kier molecular flexibility index (Phi) is 3.10. The van der Waals surface area contributed by atoms with Crippen molar-refractivity contribution in [2.75, 3.05) is 17.2 Å². The third-order valence-electron chi connectivity index (χ3n) is 2.57. The van der Waals surface area contributed by atoms with Crippen molar-refractivity contribution in [3.8, 4) is 0 Å². The summed E-state index contributed by atoms with van der Waals surface area (Å²) in [6.07, 6.45) is 1.58. The fraction of sp³-hybridized carbons (Fsp3) is 0.400. The SMILES string of the molecule is O=C1CC(CS(=O)(=O)F)CN1c1ccccn1. The molecular weight excluding hydrogens is 247 g/mol. The summed E-state index contributed by atoms with van der Waals surface area (Å²) in [6.45, 7) is 0.193. The minimum Gasteiger partial charge on any atom is -0.296 e. The molecule has 1 fully saturated rings. The van der Waals surface area contributed by atoms with Crippen LogP contribution in [0.3, 0.4) is 0 Å². The highest BCUT2D eigenvalue weighted by molar-refractivity contribution is 7.86.